The minimum absolute atomic E-state index is 0.254. The number of rotatable bonds is 3. The Balaban J connectivity index is 1.29. The molecule has 2 aliphatic heterocycles. The highest BCUT2D eigenvalue weighted by Crippen LogP contribution is 2.40. The number of hydrogen-bond donors (Lipinski definition) is 0. The third kappa shape index (κ3) is 4.97. The fourth-order valence-corrected chi connectivity index (χ4v) is 5.97. The van der Waals surface area contributed by atoms with Crippen molar-refractivity contribution in [2.45, 2.75) is 58.4 Å². The summed E-state index contributed by atoms with van der Waals surface area (Å²) in [7, 11) is 1.95. The van der Waals surface area contributed by atoms with E-state index in [4.69, 9.17) is 9.15 Å². The third-order valence-electron chi connectivity index (χ3n) is 8.11. The summed E-state index contributed by atoms with van der Waals surface area (Å²) < 4.78 is 12.2. The fourth-order valence-electron chi connectivity index (χ4n) is 5.97. The lowest BCUT2D eigenvalue weighted by atomic mass is 9.73. The van der Waals surface area contributed by atoms with Gasteiger partial charge in [0.2, 0.25) is 5.91 Å². The van der Waals surface area contributed by atoms with Gasteiger partial charge in [0.1, 0.15) is 23.7 Å². The zero-order valence-electron chi connectivity index (χ0n) is 21.2. The zero-order chi connectivity index (χ0) is 24.3. The van der Waals surface area contributed by atoms with Crippen molar-refractivity contribution in [3.8, 4) is 5.75 Å². The van der Waals surface area contributed by atoms with Crippen molar-refractivity contribution in [3.05, 3.63) is 65.4 Å². The number of nitrogens with zero attached hydrogens (tertiary/aromatic N) is 2. The molecular weight excluding hydrogens is 436 g/mol. The monoisotopic (exact) mass is 474 g/mol. The highest BCUT2D eigenvalue weighted by atomic mass is 16.5. The van der Waals surface area contributed by atoms with E-state index in [1.165, 1.54) is 16.5 Å². The molecule has 0 atom stereocenters. The highest BCUT2D eigenvalue weighted by molar-refractivity contribution is 5.83. The Morgan fingerprint density at radius 2 is 1.71 bits per heavy atom. The first kappa shape index (κ1) is 23.9. The van der Waals surface area contributed by atoms with Crippen LogP contribution in [0.5, 0.6) is 5.75 Å². The first-order chi connectivity index (χ1) is 17.1. The Kier molecular flexibility index (Phi) is 7.14. The zero-order valence-corrected chi connectivity index (χ0v) is 21.2. The predicted molar refractivity (Wildman–Crippen MR) is 140 cm³/mol. The average molecular weight is 475 g/mol. The molecule has 1 amide bonds. The molecule has 1 saturated heterocycles. The summed E-state index contributed by atoms with van der Waals surface area (Å²) in [4.78, 5) is 18.2. The van der Waals surface area contributed by atoms with Gasteiger partial charge in [-0.1, -0.05) is 49.7 Å². The van der Waals surface area contributed by atoms with Crippen molar-refractivity contribution >= 4 is 16.9 Å². The lowest BCUT2D eigenvalue weighted by Gasteiger charge is -2.43. The largest absolute Gasteiger partial charge is 0.491 e. The van der Waals surface area contributed by atoms with E-state index in [0.29, 0.717) is 19.1 Å². The van der Waals surface area contributed by atoms with Crippen LogP contribution in [0.2, 0.25) is 0 Å². The van der Waals surface area contributed by atoms with Gasteiger partial charge in [0, 0.05) is 31.0 Å². The Morgan fingerprint density at radius 3 is 2.54 bits per heavy atom. The lowest BCUT2D eigenvalue weighted by Crippen LogP contribution is -2.50. The van der Waals surface area contributed by atoms with Gasteiger partial charge < -0.3 is 14.1 Å². The number of piperidine rings is 1. The summed E-state index contributed by atoms with van der Waals surface area (Å²) in [6.45, 7) is 6.11. The molecule has 0 aliphatic carbocycles. The predicted octanol–water partition coefficient (Wildman–Crippen LogP) is 5.84. The second-order valence-electron chi connectivity index (χ2n) is 10.3. The number of likely N-dealkylation sites (N-methyl/N-ethyl adjacent to an activating group) is 1. The molecule has 5 rings (SSSR count). The molecule has 1 aromatic heterocycles. The molecule has 1 fully saturated rings. The number of carbonyl (C=O) groups excluding carboxylic acids is 1. The van der Waals surface area contributed by atoms with E-state index < -0.39 is 0 Å². The van der Waals surface area contributed by atoms with E-state index in [9.17, 15) is 4.79 Å². The van der Waals surface area contributed by atoms with Gasteiger partial charge in [-0.05, 0) is 62.9 Å². The number of ether oxygens (including phenoxy) is 1. The molecule has 186 valence electrons. The first-order valence-electron chi connectivity index (χ1n) is 13.3. The van der Waals surface area contributed by atoms with Crippen molar-refractivity contribution in [2.75, 3.05) is 33.3 Å². The number of furan rings is 1. The van der Waals surface area contributed by atoms with Gasteiger partial charge in [0.25, 0.3) is 0 Å². The molecular formula is C30H38N2O3. The van der Waals surface area contributed by atoms with E-state index in [1.54, 1.807) is 0 Å². The molecule has 3 heterocycles. The maximum atomic E-state index is 13.7. The minimum Gasteiger partial charge on any atom is -0.491 e. The molecule has 2 aromatic carbocycles. The first-order valence-corrected chi connectivity index (χ1v) is 13.3. The summed E-state index contributed by atoms with van der Waals surface area (Å²) in [5, 5.41) is 1.23. The van der Waals surface area contributed by atoms with Crippen molar-refractivity contribution in [1.29, 1.82) is 0 Å². The Hall–Kier alpha value is -2.79. The molecule has 2 aliphatic rings. The van der Waals surface area contributed by atoms with Crippen LogP contribution < -0.4 is 4.74 Å². The van der Waals surface area contributed by atoms with Crippen LogP contribution in [0.15, 0.2) is 52.9 Å². The number of benzene rings is 2. The summed E-state index contributed by atoms with van der Waals surface area (Å²) in [6, 6.07) is 16.7. The van der Waals surface area contributed by atoms with Crippen LogP contribution in [0.25, 0.3) is 11.0 Å². The van der Waals surface area contributed by atoms with E-state index in [-0.39, 0.29) is 5.41 Å². The standard InChI is InChI=1S/C30H38N2O3/c1-3-26-25(24-12-5-7-14-28(24)35-26)22-32-18-16-30(17-19-32)15-9-8-11-23-10-4-6-13-27(23)34-21-20-31(2)29(30)33/h4-7,10,12-14H,3,8-9,11,15-22H2,1-2H3. The summed E-state index contributed by atoms with van der Waals surface area (Å²) in [6.07, 6.45) is 6.88. The van der Waals surface area contributed by atoms with Gasteiger partial charge in [-0.2, -0.15) is 0 Å². The number of hydrogen-bond acceptors (Lipinski definition) is 4. The quantitative estimate of drug-likeness (QED) is 0.478. The Bertz CT molecular complexity index is 1160. The SMILES string of the molecule is CCc1oc2ccccc2c1CN1CCC2(CCCCc3ccccc3OCCN(C)C2=O)CC1. The molecule has 5 nitrogen and oxygen atoms in total. The van der Waals surface area contributed by atoms with E-state index in [1.807, 2.05) is 30.1 Å². The van der Waals surface area contributed by atoms with Crippen LogP contribution in [-0.2, 0) is 24.2 Å². The topological polar surface area (TPSA) is 45.9 Å². The molecule has 0 radical (unpaired) electrons. The molecule has 1 spiro atoms. The maximum absolute atomic E-state index is 13.7. The van der Waals surface area contributed by atoms with E-state index in [0.717, 1.165) is 81.7 Å². The third-order valence-corrected chi connectivity index (χ3v) is 8.11. The molecule has 3 aromatic rings. The van der Waals surface area contributed by atoms with Crippen molar-refractivity contribution in [2.24, 2.45) is 5.41 Å². The van der Waals surface area contributed by atoms with Crippen LogP contribution in [0.3, 0.4) is 0 Å². The highest BCUT2D eigenvalue weighted by Gasteiger charge is 2.42. The molecule has 0 bridgehead atoms. The number of fused-ring (bicyclic) bond motifs is 2. The number of para-hydroxylation sites is 2. The molecule has 5 heteroatoms. The van der Waals surface area contributed by atoms with Crippen LogP contribution in [0.4, 0.5) is 0 Å². The summed E-state index contributed by atoms with van der Waals surface area (Å²) in [5.74, 6) is 2.36. The maximum Gasteiger partial charge on any atom is 0.228 e. The van der Waals surface area contributed by atoms with E-state index >= 15 is 0 Å². The van der Waals surface area contributed by atoms with Gasteiger partial charge in [-0.3, -0.25) is 9.69 Å². The Morgan fingerprint density at radius 1 is 0.943 bits per heavy atom. The van der Waals surface area contributed by atoms with Crippen molar-refractivity contribution in [1.82, 2.24) is 9.80 Å². The molecule has 0 unspecified atom stereocenters. The van der Waals surface area contributed by atoms with Gasteiger partial charge in [0.05, 0.1) is 12.0 Å². The average Bonchev–Trinajstić information content (AvgIpc) is 3.25. The van der Waals surface area contributed by atoms with Gasteiger partial charge >= 0.3 is 0 Å². The minimum atomic E-state index is -0.254. The van der Waals surface area contributed by atoms with Crippen LogP contribution in [0.1, 0.15) is 55.9 Å². The lowest BCUT2D eigenvalue weighted by molar-refractivity contribution is -0.145. The number of carbonyl (C=O) groups is 1. The second-order valence-corrected chi connectivity index (χ2v) is 10.3. The normalized spacial score (nSPS) is 19.7. The Labute approximate surface area is 209 Å². The van der Waals surface area contributed by atoms with Gasteiger partial charge in [-0.25, -0.2) is 0 Å². The second kappa shape index (κ2) is 10.4. The fraction of sp³-hybridized carbons (Fsp3) is 0.500. The number of aryl methyl sites for hydroxylation is 2. The smallest absolute Gasteiger partial charge is 0.228 e. The van der Waals surface area contributed by atoms with E-state index in [2.05, 4.69) is 42.2 Å². The molecule has 35 heavy (non-hydrogen) atoms. The van der Waals surface area contributed by atoms with Crippen molar-refractivity contribution < 1.29 is 13.9 Å². The molecule has 0 saturated carbocycles. The van der Waals surface area contributed by atoms with Gasteiger partial charge in [-0.15, -0.1) is 0 Å². The van der Waals surface area contributed by atoms with Crippen LogP contribution in [0, 0.1) is 5.41 Å². The van der Waals surface area contributed by atoms with Crippen molar-refractivity contribution in [3.63, 3.8) is 0 Å². The van der Waals surface area contributed by atoms with Crippen LogP contribution in [-0.4, -0.2) is 49.0 Å². The summed E-state index contributed by atoms with van der Waals surface area (Å²) >= 11 is 0. The summed E-state index contributed by atoms with van der Waals surface area (Å²) in [5.41, 5.74) is 3.32. The van der Waals surface area contributed by atoms with Crippen LogP contribution >= 0.6 is 0 Å². The number of likely N-dealkylation sites (tertiary alicyclic amines) is 1. The number of amides is 1. The van der Waals surface area contributed by atoms with Gasteiger partial charge in [0.15, 0.2) is 0 Å². The molecule has 0 N–H and O–H groups in total.